The van der Waals surface area contributed by atoms with E-state index >= 15 is 0 Å². The number of imide groups is 1. The highest BCUT2D eigenvalue weighted by atomic mass is 16.7. The van der Waals surface area contributed by atoms with E-state index in [0.717, 1.165) is 0 Å². The first-order valence-electron chi connectivity index (χ1n) is 6.12. The van der Waals surface area contributed by atoms with Crippen molar-refractivity contribution in [2.45, 2.75) is 12.3 Å². The van der Waals surface area contributed by atoms with Gasteiger partial charge < -0.3 is 15.2 Å². The molecule has 0 atom stereocenters. The van der Waals surface area contributed by atoms with Crippen LogP contribution in [0.5, 0.6) is 0 Å². The van der Waals surface area contributed by atoms with Gasteiger partial charge in [-0.2, -0.15) is 0 Å². The zero-order valence-electron chi connectivity index (χ0n) is 10.2. The number of hydrogen-bond donors (Lipinski definition) is 1. The molecule has 0 aromatic heterocycles. The molecule has 6 heteroatoms. The Kier molecular flexibility index (Phi) is 3.06. The number of nitrogens with two attached hydrogens (primary N) is 1. The summed E-state index contributed by atoms with van der Waals surface area (Å²) in [6, 6.07) is 6.40. The first-order valence-corrected chi connectivity index (χ1v) is 6.12. The molecule has 2 amide bonds. The maximum absolute atomic E-state index is 12.2. The van der Waals surface area contributed by atoms with Gasteiger partial charge >= 0.3 is 0 Å². The third-order valence-corrected chi connectivity index (χ3v) is 3.33. The molecule has 0 bridgehead atoms. The van der Waals surface area contributed by atoms with Crippen LogP contribution in [0.3, 0.4) is 0 Å². The molecule has 1 aromatic rings. The molecule has 1 aromatic carbocycles. The second-order valence-electron chi connectivity index (χ2n) is 4.51. The Hall–Kier alpha value is -1.76. The van der Waals surface area contributed by atoms with Crippen molar-refractivity contribution in [3.05, 3.63) is 35.4 Å². The van der Waals surface area contributed by atoms with Gasteiger partial charge in [0.2, 0.25) is 0 Å². The summed E-state index contributed by atoms with van der Waals surface area (Å²) in [7, 11) is 0. The predicted octanol–water partition coefficient (Wildman–Crippen LogP) is -0.0172. The van der Waals surface area contributed by atoms with E-state index in [-0.39, 0.29) is 31.6 Å². The number of carbonyl (C=O) groups is 2. The van der Waals surface area contributed by atoms with E-state index in [0.29, 0.717) is 11.1 Å². The largest absolute Gasteiger partial charge is 0.349 e. The Morgan fingerprint density at radius 2 is 1.63 bits per heavy atom. The van der Waals surface area contributed by atoms with Crippen molar-refractivity contribution < 1.29 is 19.1 Å². The monoisotopic (exact) mass is 262 g/mol. The Morgan fingerprint density at radius 1 is 1.11 bits per heavy atom. The fraction of sp³-hybridized carbons (Fsp3) is 0.385. The summed E-state index contributed by atoms with van der Waals surface area (Å²) in [5.74, 6) is -0.576. The van der Waals surface area contributed by atoms with E-state index in [1.54, 1.807) is 24.3 Å². The van der Waals surface area contributed by atoms with Crippen molar-refractivity contribution in [1.82, 2.24) is 4.90 Å². The average molecular weight is 262 g/mol. The van der Waals surface area contributed by atoms with E-state index < -0.39 is 12.3 Å². The summed E-state index contributed by atoms with van der Waals surface area (Å²) in [4.78, 5) is 25.7. The van der Waals surface area contributed by atoms with Crippen LogP contribution in [0.25, 0.3) is 0 Å². The Bertz CT molecular complexity index is 488. The van der Waals surface area contributed by atoms with Gasteiger partial charge in [-0.1, -0.05) is 12.1 Å². The van der Waals surface area contributed by atoms with Crippen molar-refractivity contribution in [3.8, 4) is 0 Å². The van der Waals surface area contributed by atoms with Crippen molar-refractivity contribution in [1.29, 1.82) is 0 Å². The standard InChI is InChI=1S/C13H14N2O4/c14-5-11-18-6-8(7-19-11)15-12(16)9-3-1-2-4-10(9)13(15)17/h1-4,8,11H,5-7,14H2. The molecule has 1 fully saturated rings. The van der Waals surface area contributed by atoms with Crippen molar-refractivity contribution >= 4 is 11.8 Å². The zero-order chi connectivity index (χ0) is 13.4. The summed E-state index contributed by atoms with van der Waals surface area (Å²) in [5, 5.41) is 0. The number of rotatable bonds is 2. The predicted molar refractivity (Wildman–Crippen MR) is 65.5 cm³/mol. The van der Waals surface area contributed by atoms with Crippen molar-refractivity contribution in [2.24, 2.45) is 5.73 Å². The fourth-order valence-corrected chi connectivity index (χ4v) is 2.36. The van der Waals surface area contributed by atoms with Gasteiger partial charge in [-0.3, -0.25) is 14.5 Å². The normalized spacial score (nSPS) is 26.7. The molecule has 19 heavy (non-hydrogen) atoms. The molecular formula is C13H14N2O4. The van der Waals surface area contributed by atoms with Gasteiger partial charge in [0.15, 0.2) is 6.29 Å². The molecule has 2 aliphatic rings. The molecular weight excluding hydrogens is 248 g/mol. The van der Waals surface area contributed by atoms with Gasteiger partial charge in [-0.25, -0.2) is 0 Å². The van der Waals surface area contributed by atoms with Crippen LogP contribution in [0.4, 0.5) is 0 Å². The minimum absolute atomic E-state index is 0.257. The average Bonchev–Trinajstić information content (AvgIpc) is 2.72. The first kappa shape index (κ1) is 12.3. The van der Waals surface area contributed by atoms with Crippen LogP contribution < -0.4 is 5.73 Å². The third kappa shape index (κ3) is 1.94. The van der Waals surface area contributed by atoms with E-state index in [9.17, 15) is 9.59 Å². The lowest BCUT2D eigenvalue weighted by atomic mass is 10.1. The summed E-state index contributed by atoms with van der Waals surface area (Å²) in [6.45, 7) is 0.773. The maximum atomic E-state index is 12.2. The highest BCUT2D eigenvalue weighted by Crippen LogP contribution is 2.26. The SMILES string of the molecule is NCC1OCC(N2C(=O)c3ccccc3C2=O)CO1. The molecule has 0 radical (unpaired) electrons. The van der Waals surface area contributed by atoms with Crippen LogP contribution in [0.2, 0.25) is 0 Å². The number of nitrogens with zero attached hydrogens (tertiary/aromatic N) is 1. The number of hydrogen-bond acceptors (Lipinski definition) is 5. The van der Waals surface area contributed by atoms with Gasteiger partial charge in [0, 0.05) is 6.54 Å². The van der Waals surface area contributed by atoms with Crippen LogP contribution in [0.15, 0.2) is 24.3 Å². The van der Waals surface area contributed by atoms with Gasteiger partial charge in [0.05, 0.1) is 30.4 Å². The summed E-state index contributed by atoms with van der Waals surface area (Å²) >= 11 is 0. The van der Waals surface area contributed by atoms with Gasteiger partial charge in [-0.15, -0.1) is 0 Å². The van der Waals surface area contributed by atoms with Crippen LogP contribution in [-0.4, -0.2) is 48.8 Å². The molecule has 2 heterocycles. The molecule has 2 aliphatic heterocycles. The second-order valence-corrected chi connectivity index (χ2v) is 4.51. The first-order chi connectivity index (χ1) is 9.22. The van der Waals surface area contributed by atoms with E-state index in [1.807, 2.05) is 0 Å². The number of fused-ring (bicyclic) bond motifs is 1. The molecule has 0 spiro atoms. The Labute approximate surface area is 110 Å². The number of amides is 2. The molecule has 2 N–H and O–H groups in total. The summed E-state index contributed by atoms with van der Waals surface area (Å²) in [6.07, 6.45) is -0.452. The summed E-state index contributed by atoms with van der Waals surface area (Å²) in [5.41, 5.74) is 6.30. The lowest BCUT2D eigenvalue weighted by Crippen LogP contribution is -2.51. The molecule has 0 aliphatic carbocycles. The quantitative estimate of drug-likeness (QED) is 0.758. The number of carbonyl (C=O) groups excluding carboxylic acids is 2. The molecule has 0 unspecified atom stereocenters. The van der Waals surface area contributed by atoms with Crippen LogP contribution in [0.1, 0.15) is 20.7 Å². The van der Waals surface area contributed by atoms with Gasteiger partial charge in [0.25, 0.3) is 11.8 Å². The van der Waals surface area contributed by atoms with Crippen molar-refractivity contribution in [3.63, 3.8) is 0 Å². The number of ether oxygens (including phenoxy) is 2. The maximum Gasteiger partial charge on any atom is 0.261 e. The summed E-state index contributed by atoms with van der Waals surface area (Å²) < 4.78 is 10.7. The second kappa shape index (κ2) is 4.73. The third-order valence-electron chi connectivity index (χ3n) is 3.33. The topological polar surface area (TPSA) is 81.9 Å². The molecule has 100 valence electrons. The number of benzene rings is 1. The van der Waals surface area contributed by atoms with E-state index in [1.165, 1.54) is 4.90 Å². The van der Waals surface area contributed by atoms with Crippen LogP contribution >= 0.6 is 0 Å². The fourth-order valence-electron chi connectivity index (χ4n) is 2.36. The van der Waals surface area contributed by atoms with E-state index in [4.69, 9.17) is 15.2 Å². The van der Waals surface area contributed by atoms with Gasteiger partial charge in [0.1, 0.15) is 0 Å². The zero-order valence-corrected chi connectivity index (χ0v) is 10.2. The van der Waals surface area contributed by atoms with Crippen molar-refractivity contribution in [2.75, 3.05) is 19.8 Å². The minimum Gasteiger partial charge on any atom is -0.349 e. The molecule has 3 rings (SSSR count). The molecule has 6 nitrogen and oxygen atoms in total. The Morgan fingerprint density at radius 3 is 2.11 bits per heavy atom. The molecule has 1 saturated heterocycles. The van der Waals surface area contributed by atoms with Crippen LogP contribution in [0, 0.1) is 0 Å². The van der Waals surface area contributed by atoms with Gasteiger partial charge in [-0.05, 0) is 12.1 Å². The lowest BCUT2D eigenvalue weighted by Gasteiger charge is -2.33. The lowest BCUT2D eigenvalue weighted by molar-refractivity contribution is -0.191. The highest BCUT2D eigenvalue weighted by Gasteiger charge is 2.41. The van der Waals surface area contributed by atoms with E-state index in [2.05, 4.69) is 0 Å². The highest BCUT2D eigenvalue weighted by molar-refractivity contribution is 6.21. The minimum atomic E-state index is -0.452. The van der Waals surface area contributed by atoms with Crippen LogP contribution in [-0.2, 0) is 9.47 Å². The molecule has 0 saturated carbocycles. The Balaban J connectivity index is 1.81. The smallest absolute Gasteiger partial charge is 0.261 e.